The van der Waals surface area contributed by atoms with Crippen molar-refractivity contribution in [1.29, 1.82) is 0 Å². The highest BCUT2D eigenvalue weighted by Gasteiger charge is 2.35. The first-order chi connectivity index (χ1) is 9.62. The lowest BCUT2D eigenvalue weighted by Gasteiger charge is -2.30. The van der Waals surface area contributed by atoms with Gasteiger partial charge in [-0.05, 0) is 31.0 Å². The Labute approximate surface area is 131 Å². The van der Waals surface area contributed by atoms with Crippen LogP contribution in [0, 0.1) is 5.82 Å². The van der Waals surface area contributed by atoms with Crippen LogP contribution in [0.15, 0.2) is 27.6 Å². The number of nitrogens with zero attached hydrogens (tertiary/aromatic N) is 1. The molecule has 2 N–H and O–H groups in total. The predicted octanol–water partition coefficient (Wildman–Crippen LogP) is 1.03. The van der Waals surface area contributed by atoms with Gasteiger partial charge in [-0.25, -0.2) is 26.4 Å². The summed E-state index contributed by atoms with van der Waals surface area (Å²) in [7, 11) is -7.91. The second-order valence-corrected chi connectivity index (χ2v) is 9.46. The Morgan fingerprint density at radius 3 is 2.52 bits per heavy atom. The van der Waals surface area contributed by atoms with Gasteiger partial charge in [-0.1, -0.05) is 15.9 Å². The first kappa shape index (κ1) is 16.8. The summed E-state index contributed by atoms with van der Waals surface area (Å²) in [5.74, 6) is -0.887. The van der Waals surface area contributed by atoms with Crippen molar-refractivity contribution in [3.8, 4) is 0 Å². The number of piperidine rings is 1. The first-order valence-corrected chi connectivity index (χ1v) is 9.93. The fourth-order valence-corrected chi connectivity index (χ4v) is 5.09. The lowest BCUT2D eigenvalue weighted by molar-refractivity contribution is 0.344. The van der Waals surface area contributed by atoms with Crippen LogP contribution in [0.3, 0.4) is 0 Å². The number of hydrogen-bond donors (Lipinski definition) is 1. The van der Waals surface area contributed by atoms with Crippen molar-refractivity contribution in [1.82, 2.24) is 4.31 Å². The summed E-state index contributed by atoms with van der Waals surface area (Å²) in [5, 5.41) is 4.12. The predicted molar refractivity (Wildman–Crippen MR) is 79.0 cm³/mol. The van der Waals surface area contributed by atoms with Crippen molar-refractivity contribution in [2.45, 2.75) is 23.0 Å². The van der Waals surface area contributed by atoms with E-state index in [-0.39, 0.29) is 13.1 Å². The normalized spacial score (nSPS) is 21.4. The number of sulfonamides is 2. The summed E-state index contributed by atoms with van der Waals surface area (Å²) in [6.45, 7) is -0.111. The summed E-state index contributed by atoms with van der Waals surface area (Å²) < 4.78 is 62.9. The Hall–Kier alpha value is -0.550. The van der Waals surface area contributed by atoms with Crippen LogP contribution in [0.1, 0.15) is 12.8 Å². The average molecular weight is 401 g/mol. The molecule has 0 aliphatic carbocycles. The third kappa shape index (κ3) is 3.62. The van der Waals surface area contributed by atoms with Crippen LogP contribution >= 0.6 is 15.9 Å². The number of rotatable bonds is 3. The quantitative estimate of drug-likeness (QED) is 0.818. The van der Waals surface area contributed by atoms with Crippen LogP contribution in [0.4, 0.5) is 4.39 Å². The van der Waals surface area contributed by atoms with Gasteiger partial charge in [0.15, 0.2) is 0 Å². The molecule has 0 aromatic heterocycles. The molecule has 0 saturated carbocycles. The number of primary sulfonamides is 1. The summed E-state index contributed by atoms with van der Waals surface area (Å²) >= 11 is 3.05. The minimum atomic E-state index is -4.09. The van der Waals surface area contributed by atoms with Crippen molar-refractivity contribution in [3.05, 3.63) is 28.5 Å². The van der Waals surface area contributed by atoms with Crippen LogP contribution in [0.25, 0.3) is 0 Å². The summed E-state index contributed by atoms with van der Waals surface area (Å²) in [4.78, 5) is -0.472. The van der Waals surface area contributed by atoms with E-state index in [9.17, 15) is 21.2 Å². The van der Waals surface area contributed by atoms with Crippen molar-refractivity contribution >= 4 is 36.0 Å². The molecule has 1 aliphatic heterocycles. The Morgan fingerprint density at radius 1 is 1.29 bits per heavy atom. The number of halogens is 2. The molecule has 1 fully saturated rings. The van der Waals surface area contributed by atoms with Crippen molar-refractivity contribution in [2.75, 3.05) is 13.1 Å². The zero-order chi connectivity index (χ0) is 15.8. The molecule has 0 amide bonds. The van der Waals surface area contributed by atoms with E-state index in [0.29, 0.717) is 17.3 Å². The highest BCUT2D eigenvalue weighted by atomic mass is 79.9. The molecule has 118 valence electrons. The molecule has 1 aromatic carbocycles. The standard InChI is InChI=1S/C11H14BrFN2O4S2/c12-8-3-4-11(10(13)6-8)21(18,19)15-5-1-2-9(7-15)20(14,16)17/h3-4,6,9H,1-2,5,7H2,(H2,14,16,17). The van der Waals surface area contributed by atoms with Gasteiger partial charge in [0.05, 0.1) is 5.25 Å². The third-order valence-corrected chi connectivity index (χ3v) is 7.02. The molecule has 1 aromatic rings. The average Bonchev–Trinajstić information content (AvgIpc) is 2.37. The number of benzene rings is 1. The van der Waals surface area contributed by atoms with Gasteiger partial charge in [0.2, 0.25) is 20.0 Å². The zero-order valence-corrected chi connectivity index (χ0v) is 14.1. The maximum atomic E-state index is 13.9. The highest BCUT2D eigenvalue weighted by molar-refractivity contribution is 9.10. The van der Waals surface area contributed by atoms with Crippen molar-refractivity contribution < 1.29 is 21.2 Å². The Kier molecular flexibility index (Phi) is 4.74. The molecule has 2 rings (SSSR count). The Balaban J connectivity index is 2.35. The minimum Gasteiger partial charge on any atom is -0.228 e. The lowest BCUT2D eigenvalue weighted by Crippen LogP contribution is -2.47. The Bertz CT molecular complexity index is 751. The second-order valence-electron chi connectivity index (χ2n) is 4.79. The third-order valence-electron chi connectivity index (χ3n) is 3.32. The van der Waals surface area contributed by atoms with E-state index in [1.165, 1.54) is 6.07 Å². The van der Waals surface area contributed by atoms with Crippen LogP contribution in [-0.4, -0.2) is 39.5 Å². The molecule has 1 aliphatic rings. The summed E-state index contributed by atoms with van der Waals surface area (Å²) in [5.41, 5.74) is 0. The van der Waals surface area contributed by atoms with Gasteiger partial charge in [0.1, 0.15) is 10.7 Å². The van der Waals surface area contributed by atoms with Crippen molar-refractivity contribution in [3.63, 3.8) is 0 Å². The molecule has 1 heterocycles. The summed E-state index contributed by atoms with van der Waals surface area (Å²) in [6.07, 6.45) is 0.659. The first-order valence-electron chi connectivity index (χ1n) is 6.09. The summed E-state index contributed by atoms with van der Waals surface area (Å²) in [6, 6.07) is 3.61. The molecule has 0 spiro atoms. The molecule has 0 radical (unpaired) electrons. The monoisotopic (exact) mass is 400 g/mol. The van der Waals surface area contributed by atoms with Gasteiger partial charge in [-0.15, -0.1) is 0 Å². The van der Waals surface area contributed by atoms with Gasteiger partial charge in [-0.3, -0.25) is 0 Å². The van der Waals surface area contributed by atoms with E-state index >= 15 is 0 Å². The van der Waals surface area contributed by atoms with Crippen LogP contribution in [0.2, 0.25) is 0 Å². The topological polar surface area (TPSA) is 97.5 Å². The number of hydrogen-bond acceptors (Lipinski definition) is 4. The van der Waals surface area contributed by atoms with E-state index in [2.05, 4.69) is 15.9 Å². The van der Waals surface area contributed by atoms with E-state index in [4.69, 9.17) is 5.14 Å². The van der Waals surface area contributed by atoms with Gasteiger partial charge in [0.25, 0.3) is 0 Å². The molecule has 1 saturated heterocycles. The van der Waals surface area contributed by atoms with E-state index in [1.54, 1.807) is 0 Å². The van der Waals surface area contributed by atoms with Gasteiger partial charge >= 0.3 is 0 Å². The second kappa shape index (κ2) is 5.92. The molecule has 6 nitrogen and oxygen atoms in total. The zero-order valence-electron chi connectivity index (χ0n) is 10.9. The fourth-order valence-electron chi connectivity index (χ4n) is 2.21. The molecule has 1 unspecified atom stereocenters. The van der Waals surface area contributed by atoms with E-state index in [1.807, 2.05) is 0 Å². The maximum absolute atomic E-state index is 13.9. The molecular formula is C11H14BrFN2O4S2. The Morgan fingerprint density at radius 2 is 1.95 bits per heavy atom. The largest absolute Gasteiger partial charge is 0.246 e. The van der Waals surface area contributed by atoms with Gasteiger partial charge < -0.3 is 0 Å². The minimum absolute atomic E-state index is 0.143. The molecular weight excluding hydrogens is 387 g/mol. The molecule has 1 atom stereocenters. The maximum Gasteiger partial charge on any atom is 0.246 e. The molecule has 10 heteroatoms. The van der Waals surface area contributed by atoms with Gasteiger partial charge in [-0.2, -0.15) is 4.31 Å². The highest BCUT2D eigenvalue weighted by Crippen LogP contribution is 2.26. The molecule has 0 bridgehead atoms. The lowest BCUT2D eigenvalue weighted by atomic mass is 10.2. The van der Waals surface area contributed by atoms with Crippen LogP contribution in [-0.2, 0) is 20.0 Å². The van der Waals surface area contributed by atoms with Gasteiger partial charge in [0, 0.05) is 17.6 Å². The van der Waals surface area contributed by atoms with Crippen LogP contribution < -0.4 is 5.14 Å². The van der Waals surface area contributed by atoms with Crippen LogP contribution in [0.5, 0.6) is 0 Å². The number of nitrogens with two attached hydrogens (primary N) is 1. The van der Waals surface area contributed by atoms with E-state index in [0.717, 1.165) is 16.4 Å². The fraction of sp³-hybridized carbons (Fsp3) is 0.455. The van der Waals surface area contributed by atoms with Crippen molar-refractivity contribution in [2.24, 2.45) is 5.14 Å². The smallest absolute Gasteiger partial charge is 0.228 e. The van der Waals surface area contributed by atoms with E-state index < -0.39 is 36.0 Å². The molecule has 21 heavy (non-hydrogen) atoms. The SMILES string of the molecule is NS(=O)(=O)C1CCCN(S(=O)(=O)c2ccc(Br)cc2F)C1.